The first kappa shape index (κ1) is 16.9. The van der Waals surface area contributed by atoms with Crippen molar-refractivity contribution >= 4 is 22.5 Å². The maximum absolute atomic E-state index is 12.3. The highest BCUT2D eigenvalue weighted by molar-refractivity contribution is 6.02. The van der Waals surface area contributed by atoms with Gasteiger partial charge in [-0.3, -0.25) is 9.48 Å². The lowest BCUT2D eigenvalue weighted by Crippen LogP contribution is -2.12. The Hall–Kier alpha value is -3.54. The Morgan fingerprint density at radius 1 is 1.04 bits per heavy atom. The number of carbonyl (C=O) groups excluding carboxylic acids is 1. The van der Waals surface area contributed by atoms with Gasteiger partial charge in [0.25, 0.3) is 5.91 Å². The molecule has 4 aromatic rings. The lowest BCUT2D eigenvalue weighted by molar-refractivity contribution is 0.102. The van der Waals surface area contributed by atoms with Crippen LogP contribution in [0, 0.1) is 0 Å². The molecule has 4 rings (SSSR count). The van der Waals surface area contributed by atoms with Gasteiger partial charge in [0.15, 0.2) is 5.69 Å². The second-order valence-electron chi connectivity index (χ2n) is 6.29. The number of nitrogens with one attached hydrogen (secondary N) is 1. The number of nitrogens with zero attached hydrogens (tertiary/aromatic N) is 4. The van der Waals surface area contributed by atoms with Gasteiger partial charge in [-0.25, -0.2) is 4.98 Å². The third-order valence-electron chi connectivity index (χ3n) is 4.26. The number of pyridine rings is 1. The van der Waals surface area contributed by atoms with Crippen LogP contribution in [-0.2, 0) is 6.54 Å². The van der Waals surface area contributed by atoms with E-state index in [2.05, 4.69) is 21.7 Å². The maximum Gasteiger partial charge on any atom is 0.277 e. The smallest absolute Gasteiger partial charge is 0.277 e. The molecule has 6 heteroatoms. The number of amides is 1. The molecule has 0 aliphatic carbocycles. The quantitative estimate of drug-likeness (QED) is 0.582. The van der Waals surface area contributed by atoms with Gasteiger partial charge in [0, 0.05) is 23.2 Å². The number of hydrogen-bond acceptors (Lipinski definition) is 4. The molecule has 0 saturated heterocycles. The summed E-state index contributed by atoms with van der Waals surface area (Å²) in [6, 6.07) is 19.7. The van der Waals surface area contributed by atoms with Crippen LogP contribution in [0.25, 0.3) is 22.2 Å². The van der Waals surface area contributed by atoms with E-state index in [1.54, 1.807) is 10.9 Å². The van der Waals surface area contributed by atoms with Crippen LogP contribution in [0.1, 0.15) is 23.8 Å². The van der Waals surface area contributed by atoms with Crippen LogP contribution in [0.15, 0.2) is 66.9 Å². The van der Waals surface area contributed by atoms with E-state index in [1.165, 1.54) is 0 Å². The molecule has 1 amide bonds. The van der Waals surface area contributed by atoms with Crippen molar-refractivity contribution < 1.29 is 4.79 Å². The molecule has 2 aromatic heterocycles. The Kier molecular flexibility index (Phi) is 4.61. The Balaban J connectivity index is 1.50. The zero-order valence-corrected chi connectivity index (χ0v) is 15.0. The van der Waals surface area contributed by atoms with Gasteiger partial charge < -0.3 is 5.32 Å². The van der Waals surface area contributed by atoms with E-state index in [4.69, 9.17) is 4.98 Å². The summed E-state index contributed by atoms with van der Waals surface area (Å²) in [5, 5.41) is 11.8. The molecule has 27 heavy (non-hydrogen) atoms. The largest absolute Gasteiger partial charge is 0.321 e. The summed E-state index contributed by atoms with van der Waals surface area (Å²) in [5.41, 5.74) is 3.86. The molecule has 134 valence electrons. The van der Waals surface area contributed by atoms with E-state index in [-0.39, 0.29) is 5.91 Å². The number of para-hydroxylation sites is 1. The van der Waals surface area contributed by atoms with Crippen molar-refractivity contribution in [1.82, 2.24) is 20.0 Å². The summed E-state index contributed by atoms with van der Waals surface area (Å²) >= 11 is 0. The van der Waals surface area contributed by atoms with Gasteiger partial charge in [0.2, 0.25) is 0 Å². The predicted molar refractivity (Wildman–Crippen MR) is 105 cm³/mol. The third-order valence-corrected chi connectivity index (χ3v) is 4.26. The van der Waals surface area contributed by atoms with Gasteiger partial charge in [-0.1, -0.05) is 48.5 Å². The van der Waals surface area contributed by atoms with Crippen LogP contribution in [0.2, 0.25) is 0 Å². The second kappa shape index (κ2) is 7.37. The predicted octanol–water partition coefficient (Wildman–Crippen LogP) is 4.16. The Bertz CT molecular complexity index is 1090. The van der Waals surface area contributed by atoms with Gasteiger partial charge in [0.05, 0.1) is 17.4 Å². The second-order valence-corrected chi connectivity index (χ2v) is 6.29. The summed E-state index contributed by atoms with van der Waals surface area (Å²) in [6.07, 6.45) is 2.60. The number of aromatic nitrogens is 4. The molecule has 0 aliphatic heterocycles. The summed E-state index contributed by atoms with van der Waals surface area (Å²) < 4.78 is 1.67. The van der Waals surface area contributed by atoms with Crippen molar-refractivity contribution in [1.29, 1.82) is 0 Å². The average molecular weight is 357 g/mol. The highest BCUT2D eigenvalue weighted by atomic mass is 16.2. The molecule has 0 atom stereocenters. The van der Waals surface area contributed by atoms with Crippen molar-refractivity contribution in [3.05, 3.63) is 72.6 Å². The minimum Gasteiger partial charge on any atom is -0.321 e. The lowest BCUT2D eigenvalue weighted by atomic mass is 10.1. The summed E-state index contributed by atoms with van der Waals surface area (Å²) in [5.74, 6) is -0.270. The molecular formula is C21H19N5O. The maximum atomic E-state index is 12.3. The summed E-state index contributed by atoms with van der Waals surface area (Å²) in [7, 11) is 0. The highest BCUT2D eigenvalue weighted by Crippen LogP contribution is 2.22. The first-order chi connectivity index (χ1) is 13.2. The number of hydrogen-bond donors (Lipinski definition) is 1. The minimum absolute atomic E-state index is 0.270. The normalized spacial score (nSPS) is 10.9. The standard InChI is InChI=1S/C21H19N5O/c1-2-13-26-14-20(24-25-26)21(27)22-17-10-7-16(8-11-17)19-12-9-15-5-3-4-6-18(15)23-19/h3-12,14H,2,13H2,1H3,(H,22,27). The fourth-order valence-corrected chi connectivity index (χ4v) is 2.89. The minimum atomic E-state index is -0.270. The number of rotatable bonds is 5. The van der Waals surface area contributed by atoms with Gasteiger partial charge in [-0.2, -0.15) is 0 Å². The van der Waals surface area contributed by atoms with E-state index in [1.807, 2.05) is 61.5 Å². The number of fused-ring (bicyclic) bond motifs is 1. The van der Waals surface area contributed by atoms with Crippen LogP contribution in [0.5, 0.6) is 0 Å². The molecule has 0 bridgehead atoms. The summed E-state index contributed by atoms with van der Waals surface area (Å²) in [6.45, 7) is 2.79. The topological polar surface area (TPSA) is 72.7 Å². The molecule has 1 N–H and O–H groups in total. The molecule has 0 saturated carbocycles. The average Bonchev–Trinajstić information content (AvgIpc) is 3.17. The molecule has 0 aliphatic rings. The number of carbonyl (C=O) groups is 1. The fourth-order valence-electron chi connectivity index (χ4n) is 2.89. The molecule has 0 radical (unpaired) electrons. The van der Waals surface area contributed by atoms with E-state index < -0.39 is 0 Å². The first-order valence-corrected chi connectivity index (χ1v) is 8.90. The Morgan fingerprint density at radius 2 is 1.85 bits per heavy atom. The molecule has 6 nitrogen and oxygen atoms in total. The molecule has 2 aromatic carbocycles. The number of benzene rings is 2. The molecular weight excluding hydrogens is 338 g/mol. The van der Waals surface area contributed by atoms with E-state index in [0.717, 1.165) is 35.1 Å². The van der Waals surface area contributed by atoms with Gasteiger partial charge in [-0.05, 0) is 30.7 Å². The van der Waals surface area contributed by atoms with Crippen molar-refractivity contribution in [3.63, 3.8) is 0 Å². The third kappa shape index (κ3) is 3.69. The van der Waals surface area contributed by atoms with Crippen LogP contribution in [0.3, 0.4) is 0 Å². The fraction of sp³-hybridized carbons (Fsp3) is 0.143. The van der Waals surface area contributed by atoms with E-state index in [9.17, 15) is 4.79 Å². The molecule has 0 unspecified atom stereocenters. The van der Waals surface area contributed by atoms with Gasteiger partial charge >= 0.3 is 0 Å². The van der Waals surface area contributed by atoms with Crippen molar-refractivity contribution in [2.75, 3.05) is 5.32 Å². The van der Waals surface area contributed by atoms with Crippen LogP contribution in [0.4, 0.5) is 5.69 Å². The van der Waals surface area contributed by atoms with E-state index in [0.29, 0.717) is 11.4 Å². The molecule has 2 heterocycles. The Labute approximate surface area is 156 Å². The first-order valence-electron chi connectivity index (χ1n) is 8.90. The zero-order valence-electron chi connectivity index (χ0n) is 15.0. The van der Waals surface area contributed by atoms with E-state index >= 15 is 0 Å². The van der Waals surface area contributed by atoms with Gasteiger partial charge in [-0.15, -0.1) is 5.10 Å². The van der Waals surface area contributed by atoms with Crippen molar-refractivity contribution in [2.45, 2.75) is 19.9 Å². The SMILES string of the molecule is CCCn1cc(C(=O)Nc2ccc(-c3ccc4ccccc4n3)cc2)nn1. The monoisotopic (exact) mass is 357 g/mol. The van der Waals surface area contributed by atoms with Crippen LogP contribution in [-0.4, -0.2) is 25.9 Å². The Morgan fingerprint density at radius 3 is 2.67 bits per heavy atom. The number of aryl methyl sites for hydroxylation is 1. The zero-order chi connectivity index (χ0) is 18.6. The lowest BCUT2D eigenvalue weighted by Gasteiger charge is -2.06. The van der Waals surface area contributed by atoms with Crippen LogP contribution >= 0.6 is 0 Å². The highest BCUT2D eigenvalue weighted by Gasteiger charge is 2.11. The van der Waals surface area contributed by atoms with Crippen LogP contribution < -0.4 is 5.32 Å². The van der Waals surface area contributed by atoms with Crippen molar-refractivity contribution in [2.24, 2.45) is 0 Å². The molecule has 0 fully saturated rings. The summed E-state index contributed by atoms with van der Waals surface area (Å²) in [4.78, 5) is 17.0. The van der Waals surface area contributed by atoms with Crippen molar-refractivity contribution in [3.8, 4) is 11.3 Å². The van der Waals surface area contributed by atoms with Gasteiger partial charge in [0.1, 0.15) is 0 Å². The number of anilines is 1. The molecule has 0 spiro atoms.